The Kier molecular flexibility index (Phi) is 50.5. The van der Waals surface area contributed by atoms with Crippen molar-refractivity contribution in [1.29, 1.82) is 0 Å². The van der Waals surface area contributed by atoms with Crippen LogP contribution in [0.5, 0.6) is 0 Å². The van der Waals surface area contributed by atoms with Crippen LogP contribution in [0.4, 0.5) is 0 Å². The van der Waals surface area contributed by atoms with Gasteiger partial charge in [0.1, 0.15) is 84.6 Å². The van der Waals surface area contributed by atoms with E-state index in [1.54, 1.807) is 41.5 Å². The fourth-order valence-electron chi connectivity index (χ4n) is 12.3. The highest BCUT2D eigenvalue weighted by Crippen LogP contribution is 2.21. The van der Waals surface area contributed by atoms with E-state index in [0.717, 1.165) is 18.7 Å². The maximum Gasteiger partial charge on any atom is 0.326 e. The maximum absolute atomic E-state index is 14.5. The van der Waals surface area contributed by atoms with Gasteiger partial charge in [0, 0.05) is 32.5 Å². The predicted molar refractivity (Wildman–Crippen MR) is 443 cm³/mol. The largest absolute Gasteiger partial charge is 0.481 e. The van der Waals surface area contributed by atoms with Gasteiger partial charge in [-0.05, 0) is 140 Å². The molecule has 1 saturated heterocycles. The first-order valence-electron chi connectivity index (χ1n) is 40.3. The molecule has 121 heavy (non-hydrogen) atoms. The number of aliphatic hydroxyl groups is 4. The number of carboxylic acid groups (broad SMARTS) is 2. The lowest BCUT2D eigenvalue weighted by Crippen LogP contribution is -2.63. The molecule has 0 aromatic carbocycles. The minimum Gasteiger partial charge on any atom is -0.481 e. The number of unbranched alkanes of at least 4 members (excludes halogenated alkanes) is 1. The SMILES string of the molecule is CC[C@H](C)[C@H](NC(=O)[C@H](CCCN=C(N)N)NC(=O)[C@@H](NC(=O)[C@H](CCCN=C(N)N)NC(=O)[C@@H](NC(=O)[C@@H]1CCCN1C(=O)[C@H](CO)NC(=O)[C@H](CC(C)C)NC(=O)[C@H](CCC(N)=O)NC(=O)[C@H](CCC(=O)O)NC(=O)[C@@H](NC(=O)[C@@H](NC(=O)[C@H](CO)NC(=O)[C@H](CCCCN)NC(=O)[C@@H](N)CCSC)[C@@H](C)O)C(C)C)[C@@H](C)O)C(C)C)C(=O)O. The van der Waals surface area contributed by atoms with Crippen LogP contribution in [-0.2, 0) is 81.5 Å². The molecule has 15 amide bonds. The molecule has 1 aliphatic rings. The molecular formula is C74H133N23O23S. The highest BCUT2D eigenvalue weighted by molar-refractivity contribution is 7.98. The molecule has 688 valence electrons. The average molecular weight is 1750 g/mol. The second-order valence-corrected chi connectivity index (χ2v) is 31.8. The number of nitrogens with zero attached hydrogens (tertiary/aromatic N) is 3. The normalized spacial score (nSPS) is 16.8. The highest BCUT2D eigenvalue weighted by atomic mass is 32.2. The van der Waals surface area contributed by atoms with Crippen molar-refractivity contribution >= 4 is 124 Å². The van der Waals surface area contributed by atoms with E-state index in [9.17, 15) is 112 Å². The number of carboxylic acids is 2. The topological polar surface area (TPSA) is 778 Å². The Hall–Kier alpha value is -10.4. The van der Waals surface area contributed by atoms with Crippen LogP contribution in [0.2, 0.25) is 0 Å². The summed E-state index contributed by atoms with van der Waals surface area (Å²) >= 11 is 1.44. The van der Waals surface area contributed by atoms with Crippen LogP contribution in [-0.4, -0.2) is 302 Å². The molecule has 0 aromatic rings. The van der Waals surface area contributed by atoms with Crippen molar-refractivity contribution < 1.29 is 112 Å². The van der Waals surface area contributed by atoms with Crippen molar-refractivity contribution in [3.8, 4) is 0 Å². The summed E-state index contributed by atoms with van der Waals surface area (Å²) in [5, 5.41) is 94.1. The maximum atomic E-state index is 14.5. The Morgan fingerprint density at radius 1 is 0.446 bits per heavy atom. The number of likely N-dealkylation sites (tertiary alicyclic amines) is 1. The molecule has 1 heterocycles. The number of amides is 15. The first-order chi connectivity index (χ1) is 56.7. The number of rotatable bonds is 59. The van der Waals surface area contributed by atoms with Gasteiger partial charge in [0.15, 0.2) is 11.9 Å². The monoisotopic (exact) mass is 1740 g/mol. The van der Waals surface area contributed by atoms with Crippen LogP contribution in [0.3, 0.4) is 0 Å². The second kappa shape index (κ2) is 56.3. The van der Waals surface area contributed by atoms with E-state index in [4.69, 9.17) is 40.1 Å². The third-order valence-corrected chi connectivity index (χ3v) is 20.1. The number of hydrogen-bond acceptors (Lipinski definition) is 26. The number of guanidine groups is 2. The van der Waals surface area contributed by atoms with Crippen LogP contribution >= 0.6 is 11.8 Å². The van der Waals surface area contributed by atoms with Crippen molar-refractivity contribution in [2.75, 3.05) is 51.4 Å². The first-order valence-corrected chi connectivity index (χ1v) is 41.7. The summed E-state index contributed by atoms with van der Waals surface area (Å²) in [5.74, 6) is -21.0. The van der Waals surface area contributed by atoms with E-state index in [0.29, 0.717) is 25.0 Å². The summed E-state index contributed by atoms with van der Waals surface area (Å²) < 4.78 is 0. The van der Waals surface area contributed by atoms with Crippen molar-refractivity contribution in [2.24, 2.45) is 73.8 Å². The molecule has 0 spiro atoms. The molecule has 0 unspecified atom stereocenters. The molecule has 47 heteroatoms. The Bertz CT molecular complexity index is 3510. The molecule has 0 aliphatic carbocycles. The molecule has 1 aliphatic heterocycles. The fourth-order valence-corrected chi connectivity index (χ4v) is 12.8. The van der Waals surface area contributed by atoms with Crippen LogP contribution < -0.4 is 109 Å². The summed E-state index contributed by atoms with van der Waals surface area (Å²) in [5.41, 5.74) is 39.1. The molecule has 46 nitrogen and oxygen atoms in total. The average Bonchev–Trinajstić information content (AvgIpc) is 1.71. The van der Waals surface area contributed by atoms with Gasteiger partial charge >= 0.3 is 11.9 Å². The van der Waals surface area contributed by atoms with Crippen molar-refractivity contribution in [1.82, 2.24) is 74.0 Å². The number of hydrogen-bond donors (Lipinski definition) is 26. The van der Waals surface area contributed by atoms with E-state index in [1.165, 1.54) is 25.6 Å². The Labute approximate surface area is 707 Å². The minimum atomic E-state index is -1.91. The number of nitrogens with two attached hydrogens (primary N) is 7. The lowest BCUT2D eigenvalue weighted by Gasteiger charge is -2.31. The standard InChI is InChI=1S/C74H133N23O23S/c1-12-38(8)55(72(119)120)94-63(110)44(20-16-29-83-74(80)81)86-67(114)53(36(4)5)92-62(109)43(19-15-28-82-73(78)79)87-69(116)56(39(9)100)96-66(113)50-21-17-30-97(50)71(118)49(34-99)91-64(111)47(32-35(2)3)89-61(108)45(22-24-51(77)102)85-60(107)46(23-25-52(103)104)88-68(115)54(37(6)7)93-70(117)57(40(10)101)95-65(112)48(33-98)90-59(106)42(18-13-14-27-75)84-58(105)41(76)26-31-121-11/h35-50,53-57,98-101H,12-34,75-76H2,1-11H3,(H2,77,102)(H,84,105)(H,85,107)(H,86,114)(H,87,116)(H,88,115)(H,89,108)(H,90,106)(H,91,111)(H,92,109)(H,93,117)(H,94,110)(H,95,112)(H,96,113)(H,103,104)(H,119,120)(H4,78,79,82)(H4,80,81,83)/t38-,39+,40+,41-,42-,43-,44-,45-,46-,47-,48-,49-,50-,53-,54-,55-,56-,57-/m0/s1. The molecule has 33 N–H and O–H groups in total. The van der Waals surface area contributed by atoms with Gasteiger partial charge in [-0.2, -0.15) is 11.8 Å². The van der Waals surface area contributed by atoms with E-state index in [1.807, 2.05) is 6.26 Å². The lowest BCUT2D eigenvalue weighted by atomic mass is 9.98. The Morgan fingerprint density at radius 2 is 0.818 bits per heavy atom. The number of aliphatic carboxylic acids is 2. The van der Waals surface area contributed by atoms with E-state index in [2.05, 4.69) is 79.1 Å². The van der Waals surface area contributed by atoms with Gasteiger partial charge in [-0.25, -0.2) is 4.79 Å². The quantitative estimate of drug-likeness (QED) is 0.0153. The smallest absolute Gasteiger partial charge is 0.326 e. The van der Waals surface area contributed by atoms with Crippen molar-refractivity contribution in [2.45, 2.75) is 275 Å². The zero-order chi connectivity index (χ0) is 92.2. The molecule has 0 radical (unpaired) electrons. The summed E-state index contributed by atoms with van der Waals surface area (Å²) in [6, 6.07) is -23.8. The highest BCUT2D eigenvalue weighted by Gasteiger charge is 2.43. The number of nitrogens with one attached hydrogen (secondary N) is 13. The predicted octanol–water partition coefficient (Wildman–Crippen LogP) is -9.04. The van der Waals surface area contributed by atoms with Crippen molar-refractivity contribution in [3.63, 3.8) is 0 Å². The number of aliphatic hydroxyl groups excluding tert-OH is 4. The number of carbonyl (C=O) groups is 17. The zero-order valence-electron chi connectivity index (χ0n) is 70.8. The van der Waals surface area contributed by atoms with Gasteiger partial charge in [0.2, 0.25) is 88.6 Å². The molecule has 0 aromatic heterocycles. The van der Waals surface area contributed by atoms with E-state index in [-0.39, 0.29) is 95.9 Å². The van der Waals surface area contributed by atoms with E-state index < -0.39 is 266 Å². The number of primary amides is 1. The van der Waals surface area contributed by atoms with Crippen LogP contribution in [0.1, 0.15) is 172 Å². The van der Waals surface area contributed by atoms with Gasteiger partial charge < -0.3 is 145 Å². The summed E-state index contributed by atoms with van der Waals surface area (Å²) in [7, 11) is 0. The number of thioether (sulfide) groups is 1. The first kappa shape index (κ1) is 109. The third-order valence-electron chi connectivity index (χ3n) is 19.5. The van der Waals surface area contributed by atoms with Gasteiger partial charge in [0.25, 0.3) is 0 Å². The van der Waals surface area contributed by atoms with Gasteiger partial charge in [-0.15, -0.1) is 0 Å². The van der Waals surface area contributed by atoms with Crippen LogP contribution in [0, 0.1) is 23.7 Å². The van der Waals surface area contributed by atoms with Crippen molar-refractivity contribution in [3.05, 3.63) is 0 Å². The molecule has 18 atom stereocenters. The zero-order valence-corrected chi connectivity index (χ0v) is 71.6. The molecule has 1 fully saturated rings. The third kappa shape index (κ3) is 39.8. The number of carbonyl (C=O) groups excluding carboxylic acids is 15. The molecule has 0 bridgehead atoms. The summed E-state index contributed by atoms with van der Waals surface area (Å²) in [6.45, 7) is 12.6. The summed E-state index contributed by atoms with van der Waals surface area (Å²) in [4.78, 5) is 242. The minimum absolute atomic E-state index is 0.0140. The Morgan fingerprint density at radius 3 is 1.24 bits per heavy atom. The Balaban J connectivity index is 3.60. The lowest BCUT2D eigenvalue weighted by molar-refractivity contribution is -0.144. The van der Waals surface area contributed by atoms with Crippen LogP contribution in [0.25, 0.3) is 0 Å². The fraction of sp³-hybridized carbons (Fsp3) is 0.743. The summed E-state index contributed by atoms with van der Waals surface area (Å²) in [6.07, 6.45) is -3.18. The van der Waals surface area contributed by atoms with E-state index >= 15 is 0 Å². The molecule has 1 rings (SSSR count). The van der Waals surface area contributed by atoms with Gasteiger partial charge in [0.05, 0.1) is 31.5 Å². The second-order valence-electron chi connectivity index (χ2n) is 30.8. The van der Waals surface area contributed by atoms with Gasteiger partial charge in [-0.1, -0.05) is 61.8 Å². The molecule has 0 saturated carbocycles. The van der Waals surface area contributed by atoms with Gasteiger partial charge in [-0.3, -0.25) is 86.7 Å². The number of aliphatic imine (C=N–C) groups is 2. The molecular weight excluding hydrogens is 1610 g/mol. The van der Waals surface area contributed by atoms with Crippen LogP contribution in [0.15, 0.2) is 9.98 Å².